The number of piperazine rings is 1. The molecule has 3 aromatic heterocycles. The number of fused-ring (bicyclic) bond motifs is 1. The van der Waals surface area contributed by atoms with Gasteiger partial charge in [0.1, 0.15) is 11.6 Å². The first-order chi connectivity index (χ1) is 19.1. The van der Waals surface area contributed by atoms with Crippen LogP contribution in [0.25, 0.3) is 16.7 Å². The molecule has 5 rings (SSSR count). The third kappa shape index (κ3) is 4.96. The van der Waals surface area contributed by atoms with Crippen LogP contribution in [0.1, 0.15) is 64.1 Å². The van der Waals surface area contributed by atoms with Crippen molar-refractivity contribution in [2.75, 3.05) is 36.0 Å². The van der Waals surface area contributed by atoms with E-state index in [1.807, 2.05) is 37.8 Å². The summed E-state index contributed by atoms with van der Waals surface area (Å²) in [6.07, 6.45) is 6.46. The van der Waals surface area contributed by atoms with Crippen LogP contribution in [0.2, 0.25) is 5.02 Å². The normalized spacial score (nSPS) is 19.9. The van der Waals surface area contributed by atoms with Crippen LogP contribution in [0.3, 0.4) is 0 Å². The van der Waals surface area contributed by atoms with E-state index in [0.717, 1.165) is 37.2 Å². The van der Waals surface area contributed by atoms with E-state index in [4.69, 9.17) is 16.6 Å². The highest BCUT2D eigenvalue weighted by Crippen LogP contribution is 2.36. The zero-order valence-electron chi connectivity index (χ0n) is 24.0. The van der Waals surface area contributed by atoms with E-state index >= 15 is 0 Å². The number of piperidine rings is 1. The standard InChI is InChI=1S/C30H38ClN7O2/c1-7-24(39)36-16-21(6)37(17-20(36)5)27-22-15-23(31)29(35-13-9-8-10-14-35)33-28(22)38(30(40)34-27)26-19(4)11-12-32-25(26)18(2)3/h7,11-12,15,18,20-21H,1,8-10,13-14,16-17H2,2-6H3. The van der Waals surface area contributed by atoms with Crippen LogP contribution in [0, 0.1) is 6.92 Å². The molecule has 212 valence electrons. The molecule has 0 saturated carbocycles. The van der Waals surface area contributed by atoms with Gasteiger partial charge in [-0.2, -0.15) is 4.98 Å². The number of nitrogens with zero attached hydrogens (tertiary/aromatic N) is 7. The van der Waals surface area contributed by atoms with Gasteiger partial charge in [0.15, 0.2) is 5.65 Å². The van der Waals surface area contributed by atoms with Gasteiger partial charge >= 0.3 is 5.69 Å². The van der Waals surface area contributed by atoms with Gasteiger partial charge in [0.05, 0.1) is 21.8 Å². The summed E-state index contributed by atoms with van der Waals surface area (Å²) < 4.78 is 1.62. The molecule has 2 saturated heterocycles. The Morgan fingerprint density at radius 3 is 2.50 bits per heavy atom. The molecule has 1 amide bonds. The summed E-state index contributed by atoms with van der Waals surface area (Å²) >= 11 is 6.93. The van der Waals surface area contributed by atoms with Crippen LogP contribution in [-0.4, -0.2) is 68.6 Å². The molecule has 2 atom stereocenters. The van der Waals surface area contributed by atoms with Crippen LogP contribution in [-0.2, 0) is 4.79 Å². The summed E-state index contributed by atoms with van der Waals surface area (Å²) in [5, 5.41) is 1.24. The number of aromatic nitrogens is 4. The van der Waals surface area contributed by atoms with Crippen molar-refractivity contribution in [2.24, 2.45) is 0 Å². The molecule has 0 N–H and O–H groups in total. The van der Waals surface area contributed by atoms with Gasteiger partial charge < -0.3 is 14.7 Å². The number of aryl methyl sites for hydroxylation is 1. The Labute approximate surface area is 240 Å². The Morgan fingerprint density at radius 2 is 1.82 bits per heavy atom. The van der Waals surface area contributed by atoms with E-state index in [0.29, 0.717) is 46.5 Å². The second-order valence-corrected chi connectivity index (χ2v) is 11.7. The Balaban J connectivity index is 1.76. The molecule has 40 heavy (non-hydrogen) atoms. The molecule has 9 nitrogen and oxygen atoms in total. The van der Waals surface area contributed by atoms with Crippen molar-refractivity contribution < 1.29 is 4.79 Å². The summed E-state index contributed by atoms with van der Waals surface area (Å²) in [5.41, 5.74) is 2.56. The first-order valence-corrected chi connectivity index (χ1v) is 14.5. The summed E-state index contributed by atoms with van der Waals surface area (Å²) in [7, 11) is 0. The molecule has 5 heterocycles. The van der Waals surface area contributed by atoms with E-state index < -0.39 is 5.69 Å². The first kappa shape index (κ1) is 28.1. The van der Waals surface area contributed by atoms with Crippen molar-refractivity contribution in [3.63, 3.8) is 0 Å². The van der Waals surface area contributed by atoms with Crippen molar-refractivity contribution >= 4 is 40.2 Å². The predicted molar refractivity (Wildman–Crippen MR) is 161 cm³/mol. The minimum absolute atomic E-state index is 0.0849. The van der Waals surface area contributed by atoms with E-state index in [2.05, 4.69) is 40.2 Å². The fourth-order valence-electron chi connectivity index (χ4n) is 5.97. The van der Waals surface area contributed by atoms with Crippen LogP contribution >= 0.6 is 11.6 Å². The molecular weight excluding hydrogens is 526 g/mol. The Bertz CT molecular complexity index is 1510. The molecule has 0 aliphatic carbocycles. The number of hydrogen-bond donors (Lipinski definition) is 0. The second kappa shape index (κ2) is 11.2. The lowest BCUT2D eigenvalue weighted by atomic mass is 10.0. The predicted octanol–water partition coefficient (Wildman–Crippen LogP) is 4.86. The number of anilines is 2. The quantitative estimate of drug-likeness (QED) is 0.410. The Hall–Kier alpha value is -3.46. The lowest BCUT2D eigenvalue weighted by Gasteiger charge is -2.44. The number of pyridine rings is 2. The Kier molecular flexibility index (Phi) is 7.86. The smallest absolute Gasteiger partial charge is 0.355 e. The summed E-state index contributed by atoms with van der Waals surface area (Å²) in [6, 6.07) is 3.64. The second-order valence-electron chi connectivity index (χ2n) is 11.3. The number of amides is 1. The van der Waals surface area contributed by atoms with Gasteiger partial charge in [0.2, 0.25) is 5.91 Å². The Morgan fingerprint density at radius 1 is 1.10 bits per heavy atom. The first-order valence-electron chi connectivity index (χ1n) is 14.2. The summed E-state index contributed by atoms with van der Waals surface area (Å²) in [4.78, 5) is 47.1. The molecule has 2 unspecified atom stereocenters. The van der Waals surface area contributed by atoms with Crippen molar-refractivity contribution in [1.29, 1.82) is 0 Å². The fourth-order valence-corrected chi connectivity index (χ4v) is 6.25. The lowest BCUT2D eigenvalue weighted by Crippen LogP contribution is -2.58. The van der Waals surface area contributed by atoms with E-state index in [-0.39, 0.29) is 23.9 Å². The lowest BCUT2D eigenvalue weighted by molar-refractivity contribution is -0.128. The maximum Gasteiger partial charge on any atom is 0.355 e. The van der Waals surface area contributed by atoms with Gasteiger partial charge in [-0.1, -0.05) is 32.0 Å². The molecule has 2 aliphatic heterocycles. The number of halogens is 1. The number of carbonyl (C=O) groups is 1. The molecule has 10 heteroatoms. The molecule has 3 aromatic rings. The van der Waals surface area contributed by atoms with Crippen molar-refractivity contribution in [3.8, 4) is 5.69 Å². The third-order valence-corrected chi connectivity index (χ3v) is 8.36. The van der Waals surface area contributed by atoms with Gasteiger partial charge in [-0.25, -0.2) is 14.3 Å². The zero-order valence-corrected chi connectivity index (χ0v) is 24.8. The minimum atomic E-state index is -0.413. The van der Waals surface area contributed by atoms with Crippen molar-refractivity contribution in [1.82, 2.24) is 24.4 Å². The summed E-state index contributed by atoms with van der Waals surface area (Å²) in [5.74, 6) is 1.21. The van der Waals surface area contributed by atoms with Crippen molar-refractivity contribution in [3.05, 3.63) is 57.7 Å². The highest BCUT2D eigenvalue weighted by molar-refractivity contribution is 6.33. The highest BCUT2D eigenvalue weighted by Gasteiger charge is 2.34. The SMILES string of the molecule is C=CC(=O)N1CC(C)N(c2nc(=O)n(-c3c(C)ccnc3C(C)C)c3nc(N4CCCCC4)c(Cl)cc23)CC1C. The van der Waals surface area contributed by atoms with E-state index in [1.54, 1.807) is 10.8 Å². The topological polar surface area (TPSA) is 87.5 Å². The molecule has 0 spiro atoms. The van der Waals surface area contributed by atoms with Gasteiger partial charge in [0.25, 0.3) is 0 Å². The number of rotatable bonds is 5. The van der Waals surface area contributed by atoms with E-state index in [9.17, 15) is 9.59 Å². The van der Waals surface area contributed by atoms with Crippen LogP contribution < -0.4 is 15.5 Å². The number of carbonyl (C=O) groups excluding carboxylic acids is 1. The molecular formula is C30H38ClN7O2. The van der Waals surface area contributed by atoms with Gasteiger partial charge in [-0.15, -0.1) is 0 Å². The minimum Gasteiger partial charge on any atom is -0.355 e. The third-order valence-electron chi connectivity index (χ3n) is 8.08. The number of hydrogen-bond acceptors (Lipinski definition) is 7. The average molecular weight is 564 g/mol. The monoisotopic (exact) mass is 563 g/mol. The summed E-state index contributed by atoms with van der Waals surface area (Å²) in [6.45, 7) is 16.6. The molecule has 0 radical (unpaired) electrons. The van der Waals surface area contributed by atoms with Gasteiger partial charge in [-0.05, 0) is 69.7 Å². The van der Waals surface area contributed by atoms with Gasteiger partial charge in [0, 0.05) is 44.5 Å². The zero-order chi connectivity index (χ0) is 28.7. The van der Waals surface area contributed by atoms with Gasteiger partial charge in [-0.3, -0.25) is 9.78 Å². The maximum atomic E-state index is 14.0. The van der Waals surface area contributed by atoms with Crippen LogP contribution in [0.4, 0.5) is 11.6 Å². The van der Waals surface area contributed by atoms with E-state index in [1.165, 1.54) is 12.5 Å². The largest absolute Gasteiger partial charge is 0.355 e. The molecule has 2 aliphatic rings. The molecule has 0 bridgehead atoms. The maximum absolute atomic E-state index is 14.0. The van der Waals surface area contributed by atoms with Crippen LogP contribution in [0.5, 0.6) is 0 Å². The van der Waals surface area contributed by atoms with Crippen molar-refractivity contribution in [2.45, 2.75) is 71.9 Å². The fraction of sp³-hybridized carbons (Fsp3) is 0.500. The highest BCUT2D eigenvalue weighted by atomic mass is 35.5. The average Bonchev–Trinajstić information content (AvgIpc) is 2.94. The molecule has 0 aromatic carbocycles. The van der Waals surface area contributed by atoms with Crippen LogP contribution in [0.15, 0.2) is 35.8 Å². The molecule has 2 fully saturated rings.